The molecular formula is C90H121BBrN15O17S4. The van der Waals surface area contributed by atoms with Crippen LogP contribution in [0.5, 0.6) is 0 Å². The number of aromatic nitrogens is 7. The zero-order valence-electron chi connectivity index (χ0n) is 76.1. The highest BCUT2D eigenvalue weighted by Gasteiger charge is 2.52. The number of hydrogen-bond donors (Lipinski definition) is 9. The molecule has 38 heteroatoms. The van der Waals surface area contributed by atoms with E-state index in [9.17, 15) is 43.2 Å². The summed E-state index contributed by atoms with van der Waals surface area (Å²) < 4.78 is 37.7. The van der Waals surface area contributed by atoms with Gasteiger partial charge in [0.25, 0.3) is 0 Å². The maximum absolute atomic E-state index is 13.6. The molecule has 692 valence electrons. The molecular weight excluding hydrogens is 1780 g/mol. The molecule has 128 heavy (non-hydrogen) atoms. The molecule has 4 unspecified atom stereocenters. The van der Waals surface area contributed by atoms with Gasteiger partial charge in [-0.2, -0.15) is 0 Å². The fraction of sp³-hybridized carbons (Fsp3) is 0.556. The van der Waals surface area contributed by atoms with Crippen LogP contribution in [-0.4, -0.2) is 237 Å². The molecule has 9 aliphatic rings. The van der Waals surface area contributed by atoms with Crippen LogP contribution in [0.15, 0.2) is 95.2 Å². The highest BCUT2D eigenvalue weighted by Crippen LogP contribution is 2.55. The van der Waals surface area contributed by atoms with Crippen molar-refractivity contribution in [3.8, 4) is 11.3 Å². The molecule has 6 aromatic rings. The molecule has 8 amide bonds. The van der Waals surface area contributed by atoms with Crippen molar-refractivity contribution >= 4 is 155 Å². The van der Waals surface area contributed by atoms with Crippen LogP contribution in [0.25, 0.3) is 36.9 Å². The number of nitrogens with zero attached hydrogens (tertiary/aromatic N) is 7. The summed E-state index contributed by atoms with van der Waals surface area (Å²) in [4.78, 5) is 149. The summed E-state index contributed by atoms with van der Waals surface area (Å²) in [5, 5.41) is 21.6. The number of aromatic amines is 4. The van der Waals surface area contributed by atoms with Gasteiger partial charge in [0.2, 0.25) is 17.7 Å². The van der Waals surface area contributed by atoms with Gasteiger partial charge in [0.05, 0.1) is 99.5 Å². The lowest BCUT2D eigenvalue weighted by molar-refractivity contribution is -0.140. The van der Waals surface area contributed by atoms with Gasteiger partial charge in [-0.05, 0) is 180 Å². The molecule has 5 saturated heterocycles. The molecule has 0 saturated carbocycles. The lowest BCUT2D eigenvalue weighted by atomic mass is 9.79. The second-order valence-electron chi connectivity index (χ2n) is 36.3. The molecule has 32 nitrogen and oxygen atoms in total. The number of aliphatic carboxylic acids is 1. The van der Waals surface area contributed by atoms with E-state index in [0.29, 0.717) is 47.2 Å². The third-order valence-corrected chi connectivity index (χ3v) is 30.5. The Morgan fingerprint density at radius 3 is 1.27 bits per heavy atom. The second-order valence-corrected chi connectivity index (χ2v) is 42.6. The van der Waals surface area contributed by atoms with Gasteiger partial charge in [-0.25, -0.2) is 43.7 Å². The lowest BCUT2D eigenvalue weighted by Gasteiger charge is -2.32. The Labute approximate surface area is 773 Å². The third-order valence-electron chi connectivity index (χ3n) is 24.3. The Morgan fingerprint density at radius 2 is 0.852 bits per heavy atom. The van der Waals surface area contributed by atoms with E-state index in [2.05, 4.69) is 134 Å². The quantitative estimate of drug-likeness (QED) is 0.0239. The maximum Gasteiger partial charge on any atom is 0.494 e. The van der Waals surface area contributed by atoms with Crippen molar-refractivity contribution in [2.45, 2.75) is 241 Å². The minimum Gasteiger partial charge on any atom is -0.480 e. The molecule has 9 aliphatic heterocycles. The van der Waals surface area contributed by atoms with Crippen molar-refractivity contribution in [2.24, 2.45) is 23.7 Å². The van der Waals surface area contributed by atoms with Crippen molar-refractivity contribution in [1.29, 1.82) is 0 Å². The molecule has 0 bridgehead atoms. The number of likely N-dealkylation sites (tertiary alicyclic amines) is 4. The number of carboxylic acids is 1. The number of rotatable bonds is 21. The molecule has 12 atom stereocenters. The first-order valence-corrected chi connectivity index (χ1v) is 47.9. The van der Waals surface area contributed by atoms with E-state index in [1.54, 1.807) is 18.7 Å². The summed E-state index contributed by atoms with van der Waals surface area (Å²) >= 11 is 11.0. The molecule has 13 heterocycles. The normalized spacial score (nSPS) is 22.8. The molecule has 2 aromatic carbocycles. The number of H-pyrrole nitrogens is 4. The maximum atomic E-state index is 13.6. The number of fused-ring (bicyclic) bond motifs is 3. The smallest absolute Gasteiger partial charge is 0.480 e. The number of carbonyl (C=O) groups excluding carboxylic acids is 8. The van der Waals surface area contributed by atoms with E-state index in [1.165, 1.54) is 42.1 Å². The van der Waals surface area contributed by atoms with Crippen molar-refractivity contribution in [3.63, 3.8) is 0 Å². The average Bonchev–Trinajstić information content (AvgIpc) is 1.58. The number of imidazole rings is 3. The first kappa shape index (κ1) is 97.7. The number of ether oxygens (including phenoxy) is 5. The number of carbonyl (C=O) groups is 9. The fourth-order valence-corrected chi connectivity index (χ4v) is 23.2. The van der Waals surface area contributed by atoms with Gasteiger partial charge in [0, 0.05) is 76.9 Å². The highest BCUT2D eigenvalue weighted by molar-refractivity contribution is 9.14. The van der Waals surface area contributed by atoms with Gasteiger partial charge < -0.3 is 94.0 Å². The van der Waals surface area contributed by atoms with Gasteiger partial charge >= 0.3 is 43.6 Å². The van der Waals surface area contributed by atoms with E-state index in [0.717, 1.165) is 124 Å². The molecule has 5 fully saturated rings. The Morgan fingerprint density at radius 1 is 0.484 bits per heavy atom. The second kappa shape index (κ2) is 41.8. The zero-order chi connectivity index (χ0) is 92.7. The number of methoxy groups -OCH3 is 4. The summed E-state index contributed by atoms with van der Waals surface area (Å²) in [7, 11) is 4.66. The molecule has 0 radical (unpaired) electrons. The van der Waals surface area contributed by atoms with Crippen molar-refractivity contribution in [2.75, 3.05) is 54.6 Å². The van der Waals surface area contributed by atoms with Gasteiger partial charge in [0.15, 0.2) is 0 Å². The Bertz CT molecular complexity index is 5140. The summed E-state index contributed by atoms with van der Waals surface area (Å²) in [5.41, 5.74) is 6.69. The van der Waals surface area contributed by atoms with E-state index in [4.69, 9.17) is 43.3 Å². The lowest BCUT2D eigenvalue weighted by Crippen LogP contribution is -2.51. The number of amides is 8. The van der Waals surface area contributed by atoms with Crippen molar-refractivity contribution < 1.29 is 81.3 Å². The Hall–Kier alpha value is -9.34. The SMILES string of the molecule is CC(C)(C)OC(=O)N1CCC[C@H]1c1ncc(C2=CC3SC(Br)=CC3S2)[nH]1.COC(=O)N[C@H](C(=O)N1CCC[C@H]1c1cc2ccc(B3OC(C)(C)C(C)(C)O3)cc2[nH]1)C(C)C.COC(=O)N[C@H](C(=O)N1CCC[C@H]1c1ncc(C2=CC3SC(c4ccc(-c5cnc([C@@H]6CCCN6C(=O)[C@@H](NC(=O)OC)C(C)C)[nH]5)cc4)=CC3S2)[nH]1)C(C)C.COC(=O)N[C@H](C(=O)O)C(C)C. The molecule has 0 spiro atoms. The van der Waals surface area contributed by atoms with Crippen molar-refractivity contribution in [3.05, 3.63) is 135 Å². The molecule has 4 aromatic heterocycles. The third kappa shape index (κ3) is 23.0. The van der Waals surface area contributed by atoms with Crippen LogP contribution < -0.4 is 26.7 Å². The number of halogens is 1. The monoisotopic (exact) mass is 1900 g/mol. The van der Waals surface area contributed by atoms with Gasteiger partial charge in [-0.1, -0.05) is 110 Å². The fourth-order valence-electron chi connectivity index (χ4n) is 16.7. The molecule has 0 aliphatic carbocycles. The van der Waals surface area contributed by atoms with Crippen LogP contribution in [0.3, 0.4) is 0 Å². The highest BCUT2D eigenvalue weighted by atomic mass is 79.9. The van der Waals surface area contributed by atoms with Gasteiger partial charge in [-0.3, -0.25) is 19.3 Å². The number of alkyl carbamates (subject to hydrolysis) is 4. The van der Waals surface area contributed by atoms with E-state index >= 15 is 0 Å². The van der Waals surface area contributed by atoms with Crippen LogP contribution in [-0.2, 0) is 52.2 Å². The standard InChI is InChI=1S/C40H50N8O6S2.C25H36BN3O5.C18H22BrN3O2S2.C7H13NO4/c1-21(2)33(45-39(51)53-5)37(49)47-15-7-9-27(47)35-41-19-25(43-35)23-11-13-24(14-12-23)29-17-31-32(55-29)18-30(56-31)26-20-42-36(44-26)28-10-8-16-48(28)38(50)34(22(3)4)46-40(52)54-6;1-15(2)21(28-23(31)32-7)22(30)29-12-8-9-20(29)19-13-16-10-11-17(14-18(16)27-19)26-33-24(3,4)25(5,6)34-26;1-18(2,3)24-17(23)22-6-4-5-11(22)16-20-9-10(21-16)12-7-13-14(25-12)8-15(19)26-13;1-4(2)5(6(9)10)8-7(11)12-3/h11-14,17-22,27-28,31-34H,7-10,15-16H2,1-6H3,(H,41,43)(H,42,44)(H,45,51)(H,46,52);10-11,13-15,20-21,27H,8-9,12H2,1-7H3,(H,28,31);7-9,11,13-14H,4-6H2,1-3H3,(H,20,21);4-5H,1-3H3,(H,8,11)(H,9,10)/t27-,28-,31?,32?,33-,34-;20-,21-;11-,13?,14?;5-/m0000/s1. The predicted octanol–water partition coefficient (Wildman–Crippen LogP) is 15.8. The van der Waals surface area contributed by atoms with Crippen LogP contribution in [0.1, 0.15) is 220 Å². The first-order chi connectivity index (χ1) is 60.7. The minimum atomic E-state index is -1.06. The summed E-state index contributed by atoms with van der Waals surface area (Å²) in [6.07, 6.45) is 19.0. The van der Waals surface area contributed by atoms with Crippen LogP contribution >= 0.6 is 63.0 Å². The van der Waals surface area contributed by atoms with E-state index < -0.39 is 78.4 Å². The zero-order valence-corrected chi connectivity index (χ0v) is 80.9. The van der Waals surface area contributed by atoms with E-state index in [-0.39, 0.29) is 71.7 Å². The van der Waals surface area contributed by atoms with Gasteiger partial charge in [0.1, 0.15) is 47.2 Å². The van der Waals surface area contributed by atoms with Gasteiger partial charge in [-0.15, -0.1) is 47.0 Å². The van der Waals surface area contributed by atoms with Crippen LogP contribution in [0, 0.1) is 23.7 Å². The van der Waals surface area contributed by atoms with Crippen LogP contribution in [0.2, 0.25) is 0 Å². The number of thioether (sulfide) groups is 4. The van der Waals surface area contributed by atoms with E-state index in [1.807, 2.05) is 176 Å². The minimum absolute atomic E-state index is 0.0338. The number of benzene rings is 2. The predicted molar refractivity (Wildman–Crippen MR) is 502 cm³/mol. The Kier molecular flexibility index (Phi) is 31.9. The first-order valence-electron chi connectivity index (χ1n) is 43.6. The van der Waals surface area contributed by atoms with Crippen molar-refractivity contribution in [1.82, 2.24) is 75.8 Å². The summed E-state index contributed by atoms with van der Waals surface area (Å²) in [6.45, 7) is 31.3. The summed E-state index contributed by atoms with van der Waals surface area (Å²) in [5.74, 6) is 0.544. The number of carboxylic acid groups (broad SMARTS) is 1. The largest absolute Gasteiger partial charge is 0.494 e. The molecule has 15 rings (SSSR count). The topological polar surface area (TPSA) is 401 Å². The summed E-state index contributed by atoms with van der Waals surface area (Å²) in [6, 6.07) is 13.4. The Balaban J connectivity index is 0.000000175. The number of hydrogen-bond acceptors (Lipinski definition) is 23. The van der Waals surface area contributed by atoms with Crippen LogP contribution in [0.4, 0.5) is 24.0 Å². The average molecular weight is 1900 g/mol. The number of nitrogens with one attached hydrogen (secondary N) is 8. The molecule has 9 N–H and O–H groups in total.